The van der Waals surface area contributed by atoms with Crippen molar-refractivity contribution in [3.8, 4) is 0 Å². The predicted octanol–water partition coefficient (Wildman–Crippen LogP) is 4.23. The first kappa shape index (κ1) is 20.5. The standard InChI is InChI=1S/C27H19N3O3S/c31-26-23(16-17-10-13-20(14-11-17)30(32)33)34-27-28-24-21-9-5-4-6-18(21)12-15-22(24)25(29(26)27)19-7-2-1-3-8-19/h1-11,13-14,16,25H,12,15H2/b23-16-/t25-/m0/s1. The first-order chi connectivity index (χ1) is 16.6. The normalized spacial score (nSPS) is 16.9. The number of rotatable bonds is 3. The van der Waals surface area contributed by atoms with Crippen molar-refractivity contribution in [1.82, 2.24) is 4.57 Å². The summed E-state index contributed by atoms with van der Waals surface area (Å²) in [7, 11) is 0. The van der Waals surface area contributed by atoms with Crippen molar-refractivity contribution in [3.63, 3.8) is 0 Å². The number of aryl methyl sites for hydroxylation is 1. The van der Waals surface area contributed by atoms with Gasteiger partial charge in [0.1, 0.15) is 0 Å². The molecule has 1 aliphatic heterocycles. The van der Waals surface area contributed by atoms with Gasteiger partial charge < -0.3 is 0 Å². The van der Waals surface area contributed by atoms with Crippen LogP contribution in [-0.4, -0.2) is 9.49 Å². The van der Waals surface area contributed by atoms with E-state index in [1.54, 1.807) is 18.2 Å². The Kier molecular flexibility index (Phi) is 4.85. The summed E-state index contributed by atoms with van der Waals surface area (Å²) in [6, 6.07) is 24.5. The third-order valence-electron chi connectivity index (χ3n) is 6.39. The van der Waals surface area contributed by atoms with Gasteiger partial charge in [0.25, 0.3) is 11.2 Å². The van der Waals surface area contributed by atoms with E-state index in [-0.39, 0.29) is 17.3 Å². The Morgan fingerprint density at radius 3 is 2.47 bits per heavy atom. The topological polar surface area (TPSA) is 77.5 Å². The van der Waals surface area contributed by atoms with Crippen molar-refractivity contribution in [1.29, 1.82) is 0 Å². The van der Waals surface area contributed by atoms with Gasteiger partial charge in [-0.1, -0.05) is 65.9 Å². The van der Waals surface area contributed by atoms with Crippen LogP contribution < -0.4 is 14.9 Å². The van der Waals surface area contributed by atoms with Gasteiger partial charge in [0.05, 0.1) is 21.2 Å². The van der Waals surface area contributed by atoms with E-state index in [2.05, 4.69) is 30.3 Å². The summed E-state index contributed by atoms with van der Waals surface area (Å²) in [4.78, 5) is 29.8. The Labute approximate surface area is 198 Å². The summed E-state index contributed by atoms with van der Waals surface area (Å²) < 4.78 is 2.37. The Morgan fingerprint density at radius 2 is 1.71 bits per heavy atom. The highest BCUT2D eigenvalue weighted by atomic mass is 32.1. The van der Waals surface area contributed by atoms with Gasteiger partial charge in [-0.15, -0.1) is 0 Å². The molecule has 2 aliphatic rings. The monoisotopic (exact) mass is 465 g/mol. The zero-order chi connectivity index (χ0) is 23.2. The summed E-state index contributed by atoms with van der Waals surface area (Å²) in [5.41, 5.74) is 6.28. The summed E-state index contributed by atoms with van der Waals surface area (Å²) in [6.07, 6.45) is 3.55. The second-order valence-electron chi connectivity index (χ2n) is 8.37. The molecule has 7 heteroatoms. The van der Waals surface area contributed by atoms with Gasteiger partial charge in [-0.3, -0.25) is 19.5 Å². The number of nitrogens with zero attached hydrogens (tertiary/aromatic N) is 3. The van der Waals surface area contributed by atoms with Gasteiger partial charge in [-0.05, 0) is 53.3 Å². The number of allylic oxidation sites excluding steroid dienone is 1. The van der Waals surface area contributed by atoms with Crippen LogP contribution in [0, 0.1) is 10.1 Å². The number of non-ortho nitro benzene ring substituents is 1. The minimum Gasteiger partial charge on any atom is -0.272 e. The lowest BCUT2D eigenvalue weighted by Crippen LogP contribution is -2.38. The summed E-state index contributed by atoms with van der Waals surface area (Å²) in [5, 5.41) is 11.0. The molecule has 0 unspecified atom stereocenters. The Balaban J connectivity index is 1.58. The molecule has 0 bridgehead atoms. The molecule has 0 fully saturated rings. The average molecular weight is 466 g/mol. The third kappa shape index (κ3) is 3.33. The molecule has 0 saturated heterocycles. The van der Waals surface area contributed by atoms with E-state index >= 15 is 0 Å². The smallest absolute Gasteiger partial charge is 0.271 e. The Hall–Kier alpha value is -4.10. The van der Waals surface area contributed by atoms with Crippen LogP contribution in [-0.2, 0) is 6.42 Å². The van der Waals surface area contributed by atoms with Crippen molar-refractivity contribution in [2.75, 3.05) is 0 Å². The predicted molar refractivity (Wildman–Crippen MR) is 132 cm³/mol. The van der Waals surface area contributed by atoms with E-state index < -0.39 is 4.92 Å². The van der Waals surface area contributed by atoms with E-state index in [1.165, 1.54) is 34.6 Å². The van der Waals surface area contributed by atoms with Crippen molar-refractivity contribution in [2.24, 2.45) is 4.99 Å². The van der Waals surface area contributed by atoms with Crippen LogP contribution >= 0.6 is 11.3 Å². The first-order valence-corrected chi connectivity index (χ1v) is 11.8. The highest BCUT2D eigenvalue weighted by Gasteiger charge is 2.32. The fourth-order valence-corrected chi connectivity index (χ4v) is 5.80. The molecule has 3 aromatic carbocycles. The van der Waals surface area contributed by atoms with E-state index in [9.17, 15) is 14.9 Å². The zero-order valence-electron chi connectivity index (χ0n) is 18.0. The van der Waals surface area contributed by atoms with Crippen molar-refractivity contribution >= 4 is 28.8 Å². The molecule has 166 valence electrons. The fraction of sp³-hybridized carbons (Fsp3) is 0.111. The molecule has 34 heavy (non-hydrogen) atoms. The molecule has 0 radical (unpaired) electrons. The van der Waals surface area contributed by atoms with E-state index in [0.29, 0.717) is 9.33 Å². The number of thiazole rings is 1. The molecule has 0 saturated carbocycles. The molecule has 6 rings (SSSR count). The summed E-state index contributed by atoms with van der Waals surface area (Å²) in [5.74, 6) is 0. The second-order valence-corrected chi connectivity index (χ2v) is 9.38. The Morgan fingerprint density at radius 1 is 0.971 bits per heavy atom. The van der Waals surface area contributed by atoms with Gasteiger partial charge in [-0.2, -0.15) is 0 Å². The van der Waals surface area contributed by atoms with Gasteiger partial charge in [-0.25, -0.2) is 4.99 Å². The maximum atomic E-state index is 13.6. The summed E-state index contributed by atoms with van der Waals surface area (Å²) in [6.45, 7) is 0. The van der Waals surface area contributed by atoms with E-state index in [4.69, 9.17) is 4.99 Å². The highest BCUT2D eigenvalue weighted by Crippen LogP contribution is 2.41. The van der Waals surface area contributed by atoms with Crippen LogP contribution in [0.1, 0.15) is 34.7 Å². The Bertz CT molecular complexity index is 1650. The van der Waals surface area contributed by atoms with Crippen LogP contribution in [0.4, 0.5) is 5.69 Å². The SMILES string of the molecule is O=c1/c(=C/c2ccc([N+](=O)[O-])cc2)sc2n1[C@@H](c1ccccc1)C1=C(N=2)c2ccccc2CC1. The number of hydrogen-bond donors (Lipinski definition) is 0. The highest BCUT2D eigenvalue weighted by molar-refractivity contribution is 7.07. The van der Waals surface area contributed by atoms with Crippen molar-refractivity contribution in [2.45, 2.75) is 18.9 Å². The number of hydrogen-bond acceptors (Lipinski definition) is 5. The van der Waals surface area contributed by atoms with Crippen molar-refractivity contribution in [3.05, 3.63) is 136 Å². The van der Waals surface area contributed by atoms with Crippen LogP contribution in [0.3, 0.4) is 0 Å². The summed E-state index contributed by atoms with van der Waals surface area (Å²) >= 11 is 1.36. The maximum Gasteiger partial charge on any atom is 0.271 e. The number of benzene rings is 3. The van der Waals surface area contributed by atoms with Crippen LogP contribution in [0.25, 0.3) is 11.8 Å². The molecule has 0 amide bonds. The molecule has 1 atom stereocenters. The minimum absolute atomic E-state index is 0.0222. The van der Waals surface area contributed by atoms with Gasteiger partial charge in [0.15, 0.2) is 4.80 Å². The van der Waals surface area contributed by atoms with Gasteiger partial charge >= 0.3 is 0 Å². The molecule has 0 spiro atoms. The number of aromatic nitrogens is 1. The molecule has 4 aromatic rings. The second kappa shape index (κ2) is 8.04. The molecular weight excluding hydrogens is 446 g/mol. The van der Waals surface area contributed by atoms with Crippen LogP contribution in [0.2, 0.25) is 0 Å². The molecular formula is C27H19N3O3S. The fourth-order valence-electron chi connectivity index (χ4n) is 4.80. The number of nitro benzene ring substituents is 1. The average Bonchev–Trinajstić information content (AvgIpc) is 3.18. The number of nitro groups is 1. The van der Waals surface area contributed by atoms with Gasteiger partial charge in [0, 0.05) is 17.7 Å². The largest absolute Gasteiger partial charge is 0.272 e. The lowest BCUT2D eigenvalue weighted by molar-refractivity contribution is -0.384. The lowest BCUT2D eigenvalue weighted by Gasteiger charge is -2.30. The quantitative estimate of drug-likeness (QED) is 0.336. The molecule has 2 heterocycles. The third-order valence-corrected chi connectivity index (χ3v) is 7.37. The maximum absolute atomic E-state index is 13.6. The molecule has 1 aliphatic carbocycles. The zero-order valence-corrected chi connectivity index (χ0v) is 18.9. The van der Waals surface area contributed by atoms with Gasteiger partial charge in [0.2, 0.25) is 0 Å². The molecule has 0 N–H and O–H groups in total. The van der Waals surface area contributed by atoms with E-state index in [0.717, 1.165) is 35.2 Å². The van der Waals surface area contributed by atoms with Crippen molar-refractivity contribution < 1.29 is 4.92 Å². The molecule has 1 aromatic heterocycles. The number of fused-ring (bicyclic) bond motifs is 3. The molecule has 6 nitrogen and oxygen atoms in total. The van der Waals surface area contributed by atoms with E-state index in [1.807, 2.05) is 28.8 Å². The lowest BCUT2D eigenvalue weighted by atomic mass is 9.83. The first-order valence-electron chi connectivity index (χ1n) is 11.0. The minimum atomic E-state index is -0.431. The van der Waals surface area contributed by atoms with Crippen LogP contribution in [0.5, 0.6) is 0 Å². The van der Waals surface area contributed by atoms with Crippen LogP contribution in [0.15, 0.2) is 94.2 Å².